The number of benzene rings is 1. The second kappa shape index (κ2) is 6.58. The van der Waals surface area contributed by atoms with E-state index >= 15 is 0 Å². The molecular weight excluding hydrogens is 216 g/mol. The molecule has 0 fully saturated rings. The summed E-state index contributed by atoms with van der Waals surface area (Å²) in [5, 5.41) is 5.78. The molecule has 0 aliphatic carbocycles. The molecule has 1 aromatic rings. The molecule has 1 aromatic carbocycles. The predicted octanol–water partition coefficient (Wildman–Crippen LogP) is 2.04. The van der Waals surface area contributed by atoms with Crippen LogP contribution in [0.5, 0.6) is 5.75 Å². The van der Waals surface area contributed by atoms with Crippen LogP contribution >= 0.6 is 0 Å². The number of hydrogen-bond donors (Lipinski definition) is 2. The van der Waals surface area contributed by atoms with Gasteiger partial charge in [0.15, 0.2) is 0 Å². The summed E-state index contributed by atoms with van der Waals surface area (Å²) in [5.41, 5.74) is 1.46. The number of ether oxygens (including phenoxy) is 1. The van der Waals surface area contributed by atoms with E-state index < -0.39 is 0 Å². The normalized spacial score (nSPS) is 10.3. The van der Waals surface area contributed by atoms with Gasteiger partial charge in [0.2, 0.25) is 0 Å². The van der Waals surface area contributed by atoms with Gasteiger partial charge in [0.1, 0.15) is 5.75 Å². The van der Waals surface area contributed by atoms with E-state index in [1.807, 2.05) is 25.1 Å². The van der Waals surface area contributed by atoms with Gasteiger partial charge >= 0.3 is 0 Å². The number of methoxy groups -OCH3 is 1. The Labute approximate surface area is 102 Å². The van der Waals surface area contributed by atoms with Crippen LogP contribution in [0.3, 0.4) is 0 Å². The maximum Gasteiger partial charge on any atom is 0.251 e. The maximum absolute atomic E-state index is 11.5. The number of hydrogen-bond acceptors (Lipinski definition) is 3. The van der Waals surface area contributed by atoms with Crippen molar-refractivity contribution in [3.8, 4) is 5.75 Å². The van der Waals surface area contributed by atoms with Gasteiger partial charge in [-0.15, -0.1) is 0 Å². The standard InChI is InChI=1S/C13H18N2O2/c1-4-5-8-15-11-7-6-10(13(16)14-2)9-12(11)17-3/h4-7,9,15H,8H2,1-3H3,(H,14,16)/b5-4+. The number of nitrogens with one attached hydrogen (secondary N) is 2. The Kier molecular flexibility index (Phi) is 5.07. The van der Waals surface area contributed by atoms with E-state index in [1.54, 1.807) is 26.3 Å². The topological polar surface area (TPSA) is 50.4 Å². The first kappa shape index (κ1) is 13.1. The molecule has 0 heterocycles. The Bertz CT molecular complexity index is 414. The van der Waals surface area contributed by atoms with Gasteiger partial charge < -0.3 is 15.4 Å². The minimum absolute atomic E-state index is 0.122. The largest absolute Gasteiger partial charge is 0.495 e. The molecule has 0 saturated heterocycles. The molecule has 1 rings (SSSR count). The Balaban J connectivity index is 2.89. The third kappa shape index (κ3) is 3.52. The number of anilines is 1. The lowest BCUT2D eigenvalue weighted by atomic mass is 10.1. The molecule has 0 unspecified atom stereocenters. The van der Waals surface area contributed by atoms with E-state index in [2.05, 4.69) is 10.6 Å². The Morgan fingerprint density at radius 2 is 2.24 bits per heavy atom. The zero-order valence-electron chi connectivity index (χ0n) is 10.4. The van der Waals surface area contributed by atoms with Gasteiger partial charge in [-0.2, -0.15) is 0 Å². The Morgan fingerprint density at radius 3 is 2.82 bits per heavy atom. The van der Waals surface area contributed by atoms with Gasteiger partial charge in [0.05, 0.1) is 12.8 Å². The van der Waals surface area contributed by atoms with E-state index in [-0.39, 0.29) is 5.91 Å². The minimum atomic E-state index is -0.122. The van der Waals surface area contributed by atoms with Crippen LogP contribution in [0.25, 0.3) is 0 Å². The summed E-state index contributed by atoms with van der Waals surface area (Å²) in [6.07, 6.45) is 3.98. The fraction of sp³-hybridized carbons (Fsp3) is 0.308. The van der Waals surface area contributed by atoms with Crippen LogP contribution < -0.4 is 15.4 Å². The molecule has 0 radical (unpaired) electrons. The summed E-state index contributed by atoms with van der Waals surface area (Å²) in [4.78, 5) is 11.5. The monoisotopic (exact) mass is 234 g/mol. The fourth-order valence-corrected chi connectivity index (χ4v) is 1.41. The summed E-state index contributed by atoms with van der Waals surface area (Å²) >= 11 is 0. The van der Waals surface area contributed by atoms with Crippen LogP contribution in [0.1, 0.15) is 17.3 Å². The van der Waals surface area contributed by atoms with Gasteiger partial charge in [0.25, 0.3) is 5.91 Å². The van der Waals surface area contributed by atoms with Crippen molar-refractivity contribution in [3.05, 3.63) is 35.9 Å². The quantitative estimate of drug-likeness (QED) is 0.766. The van der Waals surface area contributed by atoms with Gasteiger partial charge in [-0.1, -0.05) is 12.2 Å². The molecule has 0 atom stereocenters. The van der Waals surface area contributed by atoms with E-state index in [9.17, 15) is 4.79 Å². The first-order valence-electron chi connectivity index (χ1n) is 5.48. The number of carbonyl (C=O) groups is 1. The van der Waals surface area contributed by atoms with Gasteiger partial charge in [-0.3, -0.25) is 4.79 Å². The molecule has 0 aromatic heterocycles. The number of allylic oxidation sites excluding steroid dienone is 1. The zero-order valence-corrected chi connectivity index (χ0v) is 10.4. The number of amides is 1. The molecular formula is C13H18N2O2. The lowest BCUT2D eigenvalue weighted by Gasteiger charge is -2.11. The molecule has 2 N–H and O–H groups in total. The van der Waals surface area contributed by atoms with Gasteiger partial charge in [-0.25, -0.2) is 0 Å². The highest BCUT2D eigenvalue weighted by atomic mass is 16.5. The van der Waals surface area contributed by atoms with Gasteiger partial charge in [-0.05, 0) is 25.1 Å². The van der Waals surface area contributed by atoms with Crippen molar-refractivity contribution in [2.45, 2.75) is 6.92 Å². The van der Waals surface area contributed by atoms with Crippen molar-refractivity contribution >= 4 is 11.6 Å². The van der Waals surface area contributed by atoms with Crippen molar-refractivity contribution in [2.24, 2.45) is 0 Å². The van der Waals surface area contributed by atoms with Crippen molar-refractivity contribution in [3.63, 3.8) is 0 Å². The van der Waals surface area contributed by atoms with Crippen molar-refractivity contribution in [1.82, 2.24) is 5.32 Å². The molecule has 4 nitrogen and oxygen atoms in total. The number of rotatable bonds is 5. The van der Waals surface area contributed by atoms with E-state index in [0.717, 1.165) is 12.2 Å². The molecule has 92 valence electrons. The Morgan fingerprint density at radius 1 is 1.47 bits per heavy atom. The molecule has 0 saturated carbocycles. The summed E-state index contributed by atoms with van der Waals surface area (Å²) in [5.74, 6) is 0.541. The smallest absolute Gasteiger partial charge is 0.251 e. The minimum Gasteiger partial charge on any atom is -0.495 e. The summed E-state index contributed by atoms with van der Waals surface area (Å²) < 4.78 is 5.24. The highest BCUT2D eigenvalue weighted by Gasteiger charge is 2.08. The highest BCUT2D eigenvalue weighted by molar-refractivity contribution is 5.95. The van der Waals surface area contributed by atoms with E-state index in [1.165, 1.54) is 0 Å². The van der Waals surface area contributed by atoms with E-state index in [0.29, 0.717) is 11.3 Å². The lowest BCUT2D eigenvalue weighted by molar-refractivity contribution is 0.0963. The lowest BCUT2D eigenvalue weighted by Crippen LogP contribution is -2.17. The average Bonchev–Trinajstić information content (AvgIpc) is 2.38. The van der Waals surface area contributed by atoms with Crippen LogP contribution in [-0.4, -0.2) is 26.6 Å². The molecule has 4 heteroatoms. The number of carbonyl (C=O) groups excluding carboxylic acids is 1. The molecule has 0 spiro atoms. The van der Waals surface area contributed by atoms with Crippen LogP contribution in [0.2, 0.25) is 0 Å². The van der Waals surface area contributed by atoms with Crippen molar-refractivity contribution < 1.29 is 9.53 Å². The molecule has 17 heavy (non-hydrogen) atoms. The summed E-state index contributed by atoms with van der Waals surface area (Å²) in [6.45, 7) is 2.69. The third-order valence-electron chi connectivity index (χ3n) is 2.34. The summed E-state index contributed by atoms with van der Waals surface area (Å²) in [7, 11) is 3.19. The zero-order chi connectivity index (χ0) is 12.7. The van der Waals surface area contributed by atoms with Crippen LogP contribution in [0.15, 0.2) is 30.4 Å². The van der Waals surface area contributed by atoms with Crippen LogP contribution in [-0.2, 0) is 0 Å². The van der Waals surface area contributed by atoms with Crippen molar-refractivity contribution in [1.29, 1.82) is 0 Å². The predicted molar refractivity (Wildman–Crippen MR) is 69.7 cm³/mol. The van der Waals surface area contributed by atoms with Crippen LogP contribution in [0, 0.1) is 0 Å². The molecule has 0 bridgehead atoms. The summed E-state index contributed by atoms with van der Waals surface area (Å²) in [6, 6.07) is 5.32. The maximum atomic E-state index is 11.5. The highest BCUT2D eigenvalue weighted by Crippen LogP contribution is 2.25. The third-order valence-corrected chi connectivity index (χ3v) is 2.34. The molecule has 0 aliphatic rings. The average molecular weight is 234 g/mol. The van der Waals surface area contributed by atoms with Crippen molar-refractivity contribution in [2.75, 3.05) is 26.0 Å². The fourth-order valence-electron chi connectivity index (χ4n) is 1.41. The first-order valence-corrected chi connectivity index (χ1v) is 5.48. The SMILES string of the molecule is C/C=C/CNc1ccc(C(=O)NC)cc1OC. The molecule has 0 aliphatic heterocycles. The van der Waals surface area contributed by atoms with E-state index in [4.69, 9.17) is 4.74 Å². The first-order chi connectivity index (χ1) is 8.22. The molecule has 1 amide bonds. The Hall–Kier alpha value is -1.97. The second-order valence-electron chi connectivity index (χ2n) is 3.44. The van der Waals surface area contributed by atoms with Gasteiger partial charge in [0, 0.05) is 19.2 Å². The second-order valence-corrected chi connectivity index (χ2v) is 3.44. The van der Waals surface area contributed by atoms with Crippen LogP contribution in [0.4, 0.5) is 5.69 Å².